The number of esters is 2. The van der Waals surface area contributed by atoms with Crippen LogP contribution in [0.4, 0.5) is 4.39 Å². The fraction of sp³-hybridized carbons (Fsp3) is 0.278. The van der Waals surface area contributed by atoms with Crippen molar-refractivity contribution in [1.82, 2.24) is 0 Å². The zero-order valence-electron chi connectivity index (χ0n) is 24.5. The third kappa shape index (κ3) is 7.09. The van der Waals surface area contributed by atoms with Gasteiger partial charge in [-0.15, -0.1) is 0 Å². The van der Waals surface area contributed by atoms with Crippen LogP contribution in [0.3, 0.4) is 0 Å². The van der Waals surface area contributed by atoms with Gasteiger partial charge in [-0.2, -0.15) is 0 Å². The second-order valence-corrected chi connectivity index (χ2v) is 11.0. The normalized spacial score (nSPS) is 14.4. The van der Waals surface area contributed by atoms with E-state index in [0.717, 1.165) is 59.9 Å². The molecule has 0 amide bonds. The standard InChI is InChI=1S/C36H33FO7/c1-40-27-11-16-33(34(37)21-27)36(39)44-29-13-15-32-25(20-29)18-24-19-28(12-14-31(24)32)43-35(38)23-7-9-26(10-8-23)41-17-5-3-2-4-6-30-22-42-30/h7-16,19-21,30H,2-6,17-18,22H2,1H3. The second-order valence-electron chi connectivity index (χ2n) is 11.0. The molecule has 44 heavy (non-hydrogen) atoms. The van der Waals surface area contributed by atoms with Gasteiger partial charge in [0.2, 0.25) is 0 Å². The van der Waals surface area contributed by atoms with Gasteiger partial charge < -0.3 is 23.7 Å². The molecular formula is C36H33FO7. The smallest absolute Gasteiger partial charge is 0.346 e. The summed E-state index contributed by atoms with van der Waals surface area (Å²) in [6.07, 6.45) is 6.75. The largest absolute Gasteiger partial charge is 0.497 e. The molecule has 1 fully saturated rings. The van der Waals surface area contributed by atoms with E-state index in [0.29, 0.717) is 41.9 Å². The summed E-state index contributed by atoms with van der Waals surface area (Å²) < 4.78 is 41.5. The van der Waals surface area contributed by atoms with Crippen molar-refractivity contribution in [2.75, 3.05) is 20.3 Å². The van der Waals surface area contributed by atoms with E-state index in [1.807, 2.05) is 18.2 Å². The molecule has 1 aliphatic heterocycles. The van der Waals surface area contributed by atoms with Crippen molar-refractivity contribution in [3.63, 3.8) is 0 Å². The predicted octanol–water partition coefficient (Wildman–Crippen LogP) is 7.57. The van der Waals surface area contributed by atoms with Gasteiger partial charge in [0.15, 0.2) is 0 Å². The number of halogens is 1. The number of benzene rings is 4. The minimum absolute atomic E-state index is 0.176. The van der Waals surface area contributed by atoms with Crippen LogP contribution in [0.25, 0.3) is 11.1 Å². The van der Waals surface area contributed by atoms with Gasteiger partial charge >= 0.3 is 11.9 Å². The molecule has 0 saturated carbocycles. The molecule has 2 aliphatic rings. The Balaban J connectivity index is 1.01. The highest BCUT2D eigenvalue weighted by atomic mass is 19.1. The molecule has 4 aromatic carbocycles. The summed E-state index contributed by atoms with van der Waals surface area (Å²) in [7, 11) is 1.42. The molecule has 0 spiro atoms. The molecule has 1 saturated heterocycles. The van der Waals surface area contributed by atoms with E-state index in [1.165, 1.54) is 32.1 Å². The van der Waals surface area contributed by atoms with Gasteiger partial charge in [-0.25, -0.2) is 14.0 Å². The quantitative estimate of drug-likeness (QED) is 0.0600. The fourth-order valence-corrected chi connectivity index (χ4v) is 5.35. The van der Waals surface area contributed by atoms with Crippen LogP contribution in [0.2, 0.25) is 0 Å². The summed E-state index contributed by atoms with van der Waals surface area (Å²) >= 11 is 0. The van der Waals surface area contributed by atoms with Gasteiger partial charge in [0.1, 0.15) is 28.8 Å². The fourth-order valence-electron chi connectivity index (χ4n) is 5.35. The maximum Gasteiger partial charge on any atom is 0.346 e. The number of methoxy groups -OCH3 is 1. The van der Waals surface area contributed by atoms with Gasteiger partial charge in [0.05, 0.1) is 37.6 Å². The van der Waals surface area contributed by atoms with Crippen molar-refractivity contribution < 1.29 is 37.7 Å². The minimum Gasteiger partial charge on any atom is -0.497 e. The molecule has 1 aliphatic carbocycles. The molecular weight excluding hydrogens is 563 g/mol. The summed E-state index contributed by atoms with van der Waals surface area (Å²) in [4.78, 5) is 25.4. The van der Waals surface area contributed by atoms with Crippen LogP contribution in [0.1, 0.15) is 63.9 Å². The average molecular weight is 597 g/mol. The van der Waals surface area contributed by atoms with E-state index < -0.39 is 17.8 Å². The van der Waals surface area contributed by atoms with Crippen molar-refractivity contribution in [1.29, 1.82) is 0 Å². The molecule has 1 unspecified atom stereocenters. The number of carbonyl (C=O) groups excluding carboxylic acids is 2. The van der Waals surface area contributed by atoms with Crippen LogP contribution in [-0.2, 0) is 11.2 Å². The van der Waals surface area contributed by atoms with E-state index in [9.17, 15) is 14.0 Å². The van der Waals surface area contributed by atoms with Crippen molar-refractivity contribution in [3.8, 4) is 34.1 Å². The molecule has 8 heteroatoms. The zero-order valence-corrected chi connectivity index (χ0v) is 24.5. The molecule has 0 N–H and O–H groups in total. The first-order valence-electron chi connectivity index (χ1n) is 14.9. The van der Waals surface area contributed by atoms with Crippen molar-refractivity contribution in [2.24, 2.45) is 0 Å². The van der Waals surface area contributed by atoms with Gasteiger partial charge in [0.25, 0.3) is 0 Å². The first-order chi connectivity index (χ1) is 21.5. The lowest BCUT2D eigenvalue weighted by Gasteiger charge is -2.09. The van der Waals surface area contributed by atoms with E-state index in [1.54, 1.807) is 42.5 Å². The summed E-state index contributed by atoms with van der Waals surface area (Å²) in [5.74, 6) is -0.165. The van der Waals surface area contributed by atoms with Gasteiger partial charge in [-0.3, -0.25) is 0 Å². The van der Waals surface area contributed by atoms with E-state index >= 15 is 0 Å². The Morgan fingerprint density at radius 3 is 2.00 bits per heavy atom. The van der Waals surface area contributed by atoms with Crippen molar-refractivity contribution in [3.05, 3.63) is 107 Å². The number of epoxide rings is 1. The molecule has 0 bridgehead atoms. The molecule has 7 nitrogen and oxygen atoms in total. The lowest BCUT2D eigenvalue weighted by Crippen LogP contribution is -2.11. The monoisotopic (exact) mass is 596 g/mol. The highest BCUT2D eigenvalue weighted by Crippen LogP contribution is 2.40. The SMILES string of the molecule is COc1ccc(C(=O)Oc2ccc3c(c2)Cc2cc(OC(=O)c4ccc(OCCCCCCC5CO5)cc4)ccc2-3)c(F)c1. The number of fused-ring (bicyclic) bond motifs is 3. The Hall–Kier alpha value is -4.69. The number of carbonyl (C=O) groups is 2. The Kier molecular flexibility index (Phi) is 8.89. The lowest BCUT2D eigenvalue weighted by atomic mass is 10.1. The van der Waals surface area contributed by atoms with Crippen LogP contribution in [0.15, 0.2) is 78.9 Å². The van der Waals surface area contributed by atoms with Gasteiger partial charge in [-0.05, 0) is 102 Å². The van der Waals surface area contributed by atoms with Crippen molar-refractivity contribution >= 4 is 11.9 Å². The number of hydrogen-bond acceptors (Lipinski definition) is 7. The maximum atomic E-state index is 14.3. The number of rotatable bonds is 13. The van der Waals surface area contributed by atoms with Gasteiger partial charge in [-0.1, -0.05) is 31.4 Å². The van der Waals surface area contributed by atoms with Crippen LogP contribution in [0, 0.1) is 5.82 Å². The third-order valence-electron chi connectivity index (χ3n) is 7.82. The molecule has 1 atom stereocenters. The lowest BCUT2D eigenvalue weighted by molar-refractivity contribution is 0.0722. The summed E-state index contributed by atoms with van der Waals surface area (Å²) in [6, 6.07) is 21.8. The predicted molar refractivity (Wildman–Crippen MR) is 162 cm³/mol. The van der Waals surface area contributed by atoms with E-state index in [2.05, 4.69) is 0 Å². The molecule has 1 heterocycles. The minimum atomic E-state index is -0.792. The first-order valence-corrected chi connectivity index (χ1v) is 14.9. The van der Waals surface area contributed by atoms with Gasteiger partial charge in [0, 0.05) is 6.07 Å². The van der Waals surface area contributed by atoms with Crippen LogP contribution >= 0.6 is 0 Å². The first kappa shape index (κ1) is 29.4. The maximum absolute atomic E-state index is 14.3. The van der Waals surface area contributed by atoms with Crippen LogP contribution in [0.5, 0.6) is 23.0 Å². The van der Waals surface area contributed by atoms with Crippen LogP contribution < -0.4 is 18.9 Å². The number of unbranched alkanes of at least 4 members (excludes halogenated alkanes) is 3. The summed E-state index contributed by atoms with van der Waals surface area (Å²) in [5, 5.41) is 0. The molecule has 6 rings (SSSR count). The Bertz CT molecular complexity index is 1660. The number of hydrogen-bond donors (Lipinski definition) is 0. The highest BCUT2D eigenvalue weighted by molar-refractivity contribution is 5.92. The molecule has 0 aromatic heterocycles. The van der Waals surface area contributed by atoms with Crippen LogP contribution in [-0.4, -0.2) is 38.4 Å². The van der Waals surface area contributed by atoms with E-state index in [-0.39, 0.29) is 5.56 Å². The summed E-state index contributed by atoms with van der Waals surface area (Å²) in [6.45, 7) is 1.57. The Labute approximate surface area is 255 Å². The molecule has 226 valence electrons. The second kappa shape index (κ2) is 13.3. The molecule has 4 aromatic rings. The number of ether oxygens (including phenoxy) is 5. The Morgan fingerprint density at radius 1 is 0.750 bits per heavy atom. The zero-order chi connectivity index (χ0) is 30.5. The van der Waals surface area contributed by atoms with Crippen molar-refractivity contribution in [2.45, 2.75) is 44.6 Å². The highest BCUT2D eigenvalue weighted by Gasteiger charge is 2.23. The summed E-state index contributed by atoms with van der Waals surface area (Å²) in [5.41, 5.74) is 4.20. The topological polar surface area (TPSA) is 83.6 Å². The Morgan fingerprint density at radius 2 is 1.36 bits per heavy atom. The third-order valence-corrected chi connectivity index (χ3v) is 7.82. The molecule has 0 radical (unpaired) electrons. The van der Waals surface area contributed by atoms with E-state index in [4.69, 9.17) is 23.7 Å². The average Bonchev–Trinajstić information content (AvgIpc) is 3.79.